The van der Waals surface area contributed by atoms with Gasteiger partial charge in [-0.3, -0.25) is 0 Å². The van der Waals surface area contributed by atoms with Gasteiger partial charge in [0.15, 0.2) is 0 Å². The fraction of sp³-hybridized carbons (Fsp3) is 1.00. The SMILES string of the molecule is CC(C)(N)C[C@H]1CCCN1. The van der Waals surface area contributed by atoms with Crippen LogP contribution in [0.5, 0.6) is 0 Å². The zero-order chi connectivity index (χ0) is 7.61. The summed E-state index contributed by atoms with van der Waals surface area (Å²) in [4.78, 5) is 0. The van der Waals surface area contributed by atoms with Crippen LogP contribution < -0.4 is 11.1 Å². The predicted octanol–water partition coefficient (Wildman–Crippen LogP) is 0.866. The molecule has 0 radical (unpaired) electrons. The molecule has 0 aromatic carbocycles. The third-order valence-electron chi connectivity index (χ3n) is 1.93. The van der Waals surface area contributed by atoms with Crippen LogP contribution in [-0.2, 0) is 0 Å². The number of nitrogens with two attached hydrogens (primary N) is 1. The molecule has 0 unspecified atom stereocenters. The van der Waals surface area contributed by atoms with Gasteiger partial charge in [0.2, 0.25) is 0 Å². The maximum absolute atomic E-state index is 5.88. The van der Waals surface area contributed by atoms with Gasteiger partial charge in [-0.25, -0.2) is 0 Å². The van der Waals surface area contributed by atoms with Crippen molar-refractivity contribution in [2.24, 2.45) is 5.73 Å². The Bertz CT molecular complexity index is 98.3. The second-order valence-electron chi connectivity index (χ2n) is 3.99. The fourth-order valence-corrected chi connectivity index (χ4v) is 1.57. The van der Waals surface area contributed by atoms with Gasteiger partial charge in [-0.2, -0.15) is 0 Å². The van der Waals surface area contributed by atoms with Crippen LogP contribution in [0.1, 0.15) is 33.1 Å². The van der Waals surface area contributed by atoms with E-state index in [-0.39, 0.29) is 5.54 Å². The predicted molar refractivity (Wildman–Crippen MR) is 43.9 cm³/mol. The van der Waals surface area contributed by atoms with E-state index in [1.165, 1.54) is 19.4 Å². The molecule has 2 nitrogen and oxygen atoms in total. The third-order valence-corrected chi connectivity index (χ3v) is 1.93. The first-order valence-electron chi connectivity index (χ1n) is 4.10. The highest BCUT2D eigenvalue weighted by Gasteiger charge is 2.21. The maximum atomic E-state index is 5.88. The normalized spacial score (nSPS) is 27.3. The molecule has 1 atom stereocenters. The van der Waals surface area contributed by atoms with Crippen molar-refractivity contribution in [1.29, 1.82) is 0 Å². The van der Waals surface area contributed by atoms with Gasteiger partial charge in [-0.15, -0.1) is 0 Å². The van der Waals surface area contributed by atoms with E-state index in [9.17, 15) is 0 Å². The van der Waals surface area contributed by atoms with Crippen LogP contribution in [-0.4, -0.2) is 18.1 Å². The first-order valence-corrected chi connectivity index (χ1v) is 4.10. The molecule has 1 fully saturated rings. The van der Waals surface area contributed by atoms with Crippen molar-refractivity contribution in [1.82, 2.24) is 5.32 Å². The largest absolute Gasteiger partial charge is 0.326 e. The highest BCUT2D eigenvalue weighted by atomic mass is 14.9. The molecule has 0 spiro atoms. The van der Waals surface area contributed by atoms with E-state index in [0.29, 0.717) is 6.04 Å². The summed E-state index contributed by atoms with van der Waals surface area (Å²) >= 11 is 0. The van der Waals surface area contributed by atoms with Gasteiger partial charge in [0.25, 0.3) is 0 Å². The minimum absolute atomic E-state index is 0.00199. The first-order chi connectivity index (χ1) is 4.58. The lowest BCUT2D eigenvalue weighted by molar-refractivity contribution is 0.401. The summed E-state index contributed by atoms with van der Waals surface area (Å²) in [6.07, 6.45) is 3.73. The van der Waals surface area contributed by atoms with Crippen molar-refractivity contribution in [3.05, 3.63) is 0 Å². The summed E-state index contributed by atoms with van der Waals surface area (Å²) < 4.78 is 0. The van der Waals surface area contributed by atoms with E-state index in [1.807, 2.05) is 0 Å². The van der Waals surface area contributed by atoms with E-state index in [0.717, 1.165) is 6.42 Å². The van der Waals surface area contributed by atoms with Crippen molar-refractivity contribution in [3.8, 4) is 0 Å². The maximum Gasteiger partial charge on any atom is 0.0112 e. The van der Waals surface area contributed by atoms with E-state index in [4.69, 9.17) is 5.73 Å². The average molecular weight is 142 g/mol. The molecule has 0 aromatic heterocycles. The number of nitrogens with one attached hydrogen (secondary N) is 1. The zero-order valence-electron chi connectivity index (χ0n) is 6.98. The molecular weight excluding hydrogens is 124 g/mol. The molecule has 60 valence electrons. The Labute approximate surface area is 63.2 Å². The molecule has 1 heterocycles. The highest BCUT2D eigenvalue weighted by molar-refractivity contribution is 4.83. The van der Waals surface area contributed by atoms with Crippen molar-refractivity contribution in [2.75, 3.05) is 6.54 Å². The molecule has 0 bridgehead atoms. The Morgan fingerprint density at radius 1 is 1.60 bits per heavy atom. The van der Waals surface area contributed by atoms with Crippen molar-refractivity contribution in [3.63, 3.8) is 0 Å². The lowest BCUT2D eigenvalue weighted by Gasteiger charge is -2.22. The minimum Gasteiger partial charge on any atom is -0.326 e. The molecule has 0 saturated carbocycles. The fourth-order valence-electron chi connectivity index (χ4n) is 1.57. The summed E-state index contributed by atoms with van der Waals surface area (Å²) in [5, 5.41) is 3.43. The molecule has 1 saturated heterocycles. The summed E-state index contributed by atoms with van der Waals surface area (Å²) in [5.41, 5.74) is 5.88. The van der Waals surface area contributed by atoms with Crippen LogP contribution in [0.4, 0.5) is 0 Å². The Morgan fingerprint density at radius 2 is 2.30 bits per heavy atom. The molecule has 0 aromatic rings. The Hall–Kier alpha value is -0.0800. The van der Waals surface area contributed by atoms with Gasteiger partial charge in [0.1, 0.15) is 0 Å². The monoisotopic (exact) mass is 142 g/mol. The average Bonchev–Trinajstić information content (AvgIpc) is 2.12. The smallest absolute Gasteiger partial charge is 0.0112 e. The van der Waals surface area contributed by atoms with Crippen LogP contribution >= 0.6 is 0 Å². The molecule has 2 heteroatoms. The molecule has 0 amide bonds. The van der Waals surface area contributed by atoms with Gasteiger partial charge in [-0.1, -0.05) is 0 Å². The summed E-state index contributed by atoms with van der Waals surface area (Å²) in [6.45, 7) is 5.36. The topological polar surface area (TPSA) is 38.0 Å². The molecule has 0 aliphatic carbocycles. The molecule has 1 aliphatic heterocycles. The Balaban J connectivity index is 2.24. The van der Waals surface area contributed by atoms with E-state index in [2.05, 4.69) is 19.2 Å². The van der Waals surface area contributed by atoms with Gasteiger partial charge in [0.05, 0.1) is 0 Å². The standard InChI is InChI=1S/C8H18N2/c1-8(2,9)6-7-4-3-5-10-7/h7,10H,3-6,9H2,1-2H3/t7-/m1/s1. The quantitative estimate of drug-likeness (QED) is 0.600. The van der Waals surface area contributed by atoms with E-state index in [1.54, 1.807) is 0 Å². The molecule has 3 N–H and O–H groups in total. The van der Waals surface area contributed by atoms with Crippen molar-refractivity contribution < 1.29 is 0 Å². The molecular formula is C8H18N2. The lowest BCUT2D eigenvalue weighted by Crippen LogP contribution is -2.39. The van der Waals surface area contributed by atoms with Crippen LogP contribution in [0.15, 0.2) is 0 Å². The Morgan fingerprint density at radius 3 is 2.70 bits per heavy atom. The lowest BCUT2D eigenvalue weighted by atomic mass is 9.96. The van der Waals surface area contributed by atoms with E-state index >= 15 is 0 Å². The van der Waals surface area contributed by atoms with Crippen LogP contribution in [0.3, 0.4) is 0 Å². The second kappa shape index (κ2) is 2.89. The molecule has 1 aliphatic rings. The van der Waals surface area contributed by atoms with Crippen LogP contribution in [0.2, 0.25) is 0 Å². The van der Waals surface area contributed by atoms with Gasteiger partial charge >= 0.3 is 0 Å². The summed E-state index contributed by atoms with van der Waals surface area (Å²) in [5.74, 6) is 0. The Kier molecular flexibility index (Phi) is 2.32. The number of hydrogen-bond donors (Lipinski definition) is 2. The second-order valence-corrected chi connectivity index (χ2v) is 3.99. The van der Waals surface area contributed by atoms with Crippen molar-refractivity contribution >= 4 is 0 Å². The van der Waals surface area contributed by atoms with E-state index < -0.39 is 0 Å². The summed E-state index contributed by atoms with van der Waals surface area (Å²) in [6, 6.07) is 0.681. The van der Waals surface area contributed by atoms with Crippen LogP contribution in [0.25, 0.3) is 0 Å². The van der Waals surface area contributed by atoms with Gasteiger partial charge < -0.3 is 11.1 Å². The summed E-state index contributed by atoms with van der Waals surface area (Å²) in [7, 11) is 0. The van der Waals surface area contributed by atoms with Crippen LogP contribution in [0, 0.1) is 0 Å². The van der Waals surface area contributed by atoms with Gasteiger partial charge in [0, 0.05) is 11.6 Å². The number of rotatable bonds is 2. The third kappa shape index (κ3) is 2.67. The highest BCUT2D eigenvalue weighted by Crippen LogP contribution is 2.15. The molecule has 10 heavy (non-hydrogen) atoms. The molecule has 1 rings (SSSR count). The van der Waals surface area contributed by atoms with Crippen molar-refractivity contribution in [2.45, 2.75) is 44.7 Å². The minimum atomic E-state index is 0.00199. The zero-order valence-corrected chi connectivity index (χ0v) is 6.98. The first kappa shape index (κ1) is 8.02. The number of hydrogen-bond acceptors (Lipinski definition) is 2. The van der Waals surface area contributed by atoms with Gasteiger partial charge in [-0.05, 0) is 39.7 Å².